The lowest BCUT2D eigenvalue weighted by Gasteiger charge is -2.18. The van der Waals surface area contributed by atoms with Gasteiger partial charge in [0.15, 0.2) is 0 Å². The number of hydrogen-bond donors (Lipinski definition) is 2. The maximum atomic E-state index is 5.75. The Kier molecular flexibility index (Phi) is 1.85. The summed E-state index contributed by atoms with van der Waals surface area (Å²) in [6, 6.07) is 0. The summed E-state index contributed by atoms with van der Waals surface area (Å²) in [5.74, 6) is 0.855. The molecule has 0 radical (unpaired) electrons. The Labute approximate surface area is 71.6 Å². The van der Waals surface area contributed by atoms with Gasteiger partial charge in [0.1, 0.15) is 5.50 Å². The zero-order valence-corrected chi connectivity index (χ0v) is 7.58. The quantitative estimate of drug-likeness (QED) is 0.580. The molecule has 1 aliphatic heterocycles. The third-order valence-corrected chi connectivity index (χ3v) is 3.41. The lowest BCUT2D eigenvalue weighted by Crippen LogP contribution is -2.29. The first-order chi connectivity index (χ1) is 5.25. The molecule has 2 atom stereocenters. The van der Waals surface area contributed by atoms with Gasteiger partial charge in [0.05, 0.1) is 0 Å². The predicted octanol–water partition coefficient (Wildman–Crippen LogP) is 1.60. The number of hydrogen-bond acceptors (Lipinski definition) is 3. The van der Waals surface area contributed by atoms with E-state index in [0.717, 1.165) is 5.92 Å². The van der Waals surface area contributed by atoms with Gasteiger partial charge < -0.3 is 11.1 Å². The minimum absolute atomic E-state index is 0.130. The predicted molar refractivity (Wildman–Crippen MR) is 48.7 cm³/mol. The van der Waals surface area contributed by atoms with Crippen LogP contribution in [0.3, 0.4) is 0 Å². The van der Waals surface area contributed by atoms with Crippen LogP contribution in [0, 0.1) is 5.92 Å². The van der Waals surface area contributed by atoms with Crippen LogP contribution in [0.1, 0.15) is 26.2 Å². The van der Waals surface area contributed by atoms with E-state index in [1.54, 1.807) is 11.8 Å². The number of nitrogens with one attached hydrogen (secondary N) is 1. The van der Waals surface area contributed by atoms with Crippen molar-refractivity contribution in [3.8, 4) is 0 Å². The highest BCUT2D eigenvalue weighted by Crippen LogP contribution is 2.39. The average molecular weight is 170 g/mol. The zero-order valence-electron chi connectivity index (χ0n) is 6.76. The highest BCUT2D eigenvalue weighted by molar-refractivity contribution is 8.03. The third-order valence-electron chi connectivity index (χ3n) is 2.34. The van der Waals surface area contributed by atoms with E-state index in [4.69, 9.17) is 5.73 Å². The smallest absolute Gasteiger partial charge is 0.127 e. The van der Waals surface area contributed by atoms with Gasteiger partial charge in [0.2, 0.25) is 0 Å². The average Bonchev–Trinajstić information content (AvgIpc) is 2.27. The summed E-state index contributed by atoms with van der Waals surface area (Å²) < 4.78 is 0. The maximum absolute atomic E-state index is 5.75. The topological polar surface area (TPSA) is 38.0 Å². The lowest BCUT2D eigenvalue weighted by atomic mass is 9.94. The Bertz CT molecular complexity index is 200. The Balaban J connectivity index is 2.10. The largest absolute Gasteiger partial charge is 0.364 e. The molecule has 2 aliphatic rings. The van der Waals surface area contributed by atoms with Gasteiger partial charge in [-0.25, -0.2) is 0 Å². The van der Waals surface area contributed by atoms with Gasteiger partial charge in [0.25, 0.3) is 0 Å². The molecule has 1 heterocycles. The first kappa shape index (κ1) is 7.50. The normalized spacial score (nSPS) is 36.9. The summed E-state index contributed by atoms with van der Waals surface area (Å²) in [5, 5.41) is 3.30. The first-order valence-electron chi connectivity index (χ1n) is 4.16. The fraction of sp³-hybridized carbons (Fsp3) is 0.750. The van der Waals surface area contributed by atoms with E-state index in [9.17, 15) is 0 Å². The molecule has 0 saturated heterocycles. The summed E-state index contributed by atoms with van der Waals surface area (Å²) in [7, 11) is 0. The van der Waals surface area contributed by atoms with Crippen molar-refractivity contribution in [2.75, 3.05) is 0 Å². The second-order valence-electron chi connectivity index (χ2n) is 3.43. The molecule has 0 bridgehead atoms. The van der Waals surface area contributed by atoms with Gasteiger partial charge in [-0.1, -0.05) is 18.7 Å². The second kappa shape index (κ2) is 2.72. The standard InChI is InChI=1S/C8H14N2S/c1-5-2-3-6-7(4-5)11-8(9)10-6/h5,8,10H,2-4,9H2,1H3. The van der Waals surface area contributed by atoms with Crippen LogP contribution >= 0.6 is 11.8 Å². The van der Waals surface area contributed by atoms with Crippen LogP contribution in [-0.2, 0) is 0 Å². The molecule has 1 aliphatic carbocycles. The molecule has 3 heteroatoms. The number of rotatable bonds is 0. The first-order valence-corrected chi connectivity index (χ1v) is 5.04. The lowest BCUT2D eigenvalue weighted by molar-refractivity contribution is 0.496. The van der Waals surface area contributed by atoms with E-state index >= 15 is 0 Å². The van der Waals surface area contributed by atoms with Crippen molar-refractivity contribution < 1.29 is 0 Å². The van der Waals surface area contributed by atoms with Crippen LogP contribution in [0.15, 0.2) is 10.6 Å². The van der Waals surface area contributed by atoms with Crippen LogP contribution in [0.2, 0.25) is 0 Å². The Morgan fingerprint density at radius 2 is 2.45 bits per heavy atom. The van der Waals surface area contributed by atoms with Crippen LogP contribution < -0.4 is 11.1 Å². The minimum atomic E-state index is 0.130. The monoisotopic (exact) mass is 170 g/mol. The van der Waals surface area contributed by atoms with Crippen molar-refractivity contribution >= 4 is 11.8 Å². The highest BCUT2D eigenvalue weighted by Gasteiger charge is 2.25. The summed E-state index contributed by atoms with van der Waals surface area (Å²) in [6.07, 6.45) is 3.76. The highest BCUT2D eigenvalue weighted by atomic mass is 32.2. The van der Waals surface area contributed by atoms with Crippen molar-refractivity contribution in [3.63, 3.8) is 0 Å². The van der Waals surface area contributed by atoms with Gasteiger partial charge in [-0.05, 0) is 25.2 Å². The molecule has 3 N–H and O–H groups in total. The van der Waals surface area contributed by atoms with E-state index < -0.39 is 0 Å². The second-order valence-corrected chi connectivity index (χ2v) is 4.67. The Morgan fingerprint density at radius 3 is 3.27 bits per heavy atom. The van der Waals surface area contributed by atoms with E-state index in [1.165, 1.54) is 29.9 Å². The molecule has 0 amide bonds. The molecule has 0 aromatic heterocycles. The van der Waals surface area contributed by atoms with Crippen LogP contribution in [0.4, 0.5) is 0 Å². The minimum Gasteiger partial charge on any atom is -0.364 e. The number of thioether (sulfide) groups is 1. The molecule has 0 aromatic rings. The van der Waals surface area contributed by atoms with Crippen molar-refractivity contribution in [1.29, 1.82) is 0 Å². The van der Waals surface area contributed by atoms with Crippen molar-refractivity contribution in [3.05, 3.63) is 10.6 Å². The van der Waals surface area contributed by atoms with Gasteiger partial charge >= 0.3 is 0 Å². The van der Waals surface area contributed by atoms with Gasteiger partial charge in [0, 0.05) is 10.6 Å². The van der Waals surface area contributed by atoms with Gasteiger partial charge in [-0.2, -0.15) is 0 Å². The molecule has 0 fully saturated rings. The van der Waals surface area contributed by atoms with Gasteiger partial charge in [-0.3, -0.25) is 0 Å². The van der Waals surface area contributed by atoms with Crippen LogP contribution in [-0.4, -0.2) is 5.50 Å². The van der Waals surface area contributed by atoms with E-state index in [0.29, 0.717) is 0 Å². The maximum Gasteiger partial charge on any atom is 0.127 e. The fourth-order valence-electron chi connectivity index (χ4n) is 1.70. The molecular formula is C8H14N2S. The van der Waals surface area contributed by atoms with Crippen molar-refractivity contribution in [2.45, 2.75) is 31.7 Å². The van der Waals surface area contributed by atoms with E-state index in [-0.39, 0.29) is 5.50 Å². The molecule has 62 valence electrons. The summed E-state index contributed by atoms with van der Waals surface area (Å²) >= 11 is 1.80. The summed E-state index contributed by atoms with van der Waals surface area (Å²) in [6.45, 7) is 2.31. The van der Waals surface area contributed by atoms with Crippen LogP contribution in [0.25, 0.3) is 0 Å². The van der Waals surface area contributed by atoms with Crippen molar-refractivity contribution in [2.24, 2.45) is 11.7 Å². The molecule has 2 unspecified atom stereocenters. The third kappa shape index (κ3) is 1.40. The molecule has 0 aromatic carbocycles. The molecule has 11 heavy (non-hydrogen) atoms. The van der Waals surface area contributed by atoms with E-state index in [2.05, 4.69) is 12.2 Å². The molecule has 0 saturated carbocycles. The number of nitrogens with two attached hydrogens (primary N) is 1. The summed E-state index contributed by atoms with van der Waals surface area (Å²) in [4.78, 5) is 1.51. The van der Waals surface area contributed by atoms with Crippen molar-refractivity contribution in [1.82, 2.24) is 5.32 Å². The number of allylic oxidation sites excluding steroid dienone is 2. The Morgan fingerprint density at radius 1 is 1.64 bits per heavy atom. The van der Waals surface area contributed by atoms with Gasteiger partial charge in [-0.15, -0.1) is 0 Å². The summed E-state index contributed by atoms with van der Waals surface area (Å²) in [5.41, 5.74) is 7.30. The fourth-order valence-corrected chi connectivity index (χ4v) is 2.89. The molecule has 2 rings (SSSR count). The Hall–Kier alpha value is -0.150. The molecule has 0 spiro atoms. The SMILES string of the molecule is CC1CCC2=C(C1)SC(N)N2. The molecular weight excluding hydrogens is 156 g/mol. The molecule has 2 nitrogen and oxygen atoms in total. The van der Waals surface area contributed by atoms with E-state index in [1.807, 2.05) is 0 Å². The van der Waals surface area contributed by atoms with Crippen LogP contribution in [0.5, 0.6) is 0 Å². The zero-order chi connectivity index (χ0) is 7.84.